The van der Waals surface area contributed by atoms with Crippen LogP contribution in [0.1, 0.15) is 47.7 Å². The fraction of sp³-hybridized carbons (Fsp3) is 0.333. The monoisotopic (exact) mass is 331 g/mol. The van der Waals surface area contributed by atoms with E-state index in [1.54, 1.807) is 0 Å². The maximum absolute atomic E-state index is 6.43. The van der Waals surface area contributed by atoms with Crippen molar-refractivity contribution >= 4 is 15.9 Å². The van der Waals surface area contributed by atoms with Crippen LogP contribution in [-0.4, -0.2) is 0 Å². The maximum Gasteiger partial charge on any atom is 0.0552 e. The number of hydrogen-bond acceptors (Lipinski definition) is 1. The molecule has 0 aliphatic rings. The minimum absolute atomic E-state index is 0.0666. The van der Waals surface area contributed by atoms with Crippen LogP contribution in [0.4, 0.5) is 0 Å². The molecule has 0 amide bonds. The highest BCUT2D eigenvalue weighted by molar-refractivity contribution is 9.10. The Labute approximate surface area is 130 Å². The number of halogens is 1. The molecule has 0 bridgehead atoms. The molecule has 1 nitrogen and oxygen atoms in total. The minimum atomic E-state index is -0.0666. The molecule has 2 N–H and O–H groups in total. The number of hydrogen-bond donors (Lipinski definition) is 1. The Morgan fingerprint density at radius 2 is 1.55 bits per heavy atom. The van der Waals surface area contributed by atoms with Crippen LogP contribution in [0.5, 0.6) is 0 Å². The molecule has 1 unspecified atom stereocenters. The largest absolute Gasteiger partial charge is 0.320 e. The van der Waals surface area contributed by atoms with Gasteiger partial charge < -0.3 is 5.73 Å². The van der Waals surface area contributed by atoms with E-state index in [1.807, 2.05) is 0 Å². The molecular formula is C18H22BrN. The summed E-state index contributed by atoms with van der Waals surface area (Å²) in [4.78, 5) is 0. The minimum Gasteiger partial charge on any atom is -0.320 e. The molecule has 0 radical (unpaired) electrons. The standard InChI is InChI=1S/C18H22BrN/c1-4-13-8-9-15(10-14(13)5-2)18(20)16-7-6-12(3)17(19)11-16/h6-11,18H,4-5,20H2,1-3H3. The molecule has 2 aromatic carbocycles. The second-order valence-corrected chi connectivity index (χ2v) is 6.08. The van der Waals surface area contributed by atoms with Gasteiger partial charge in [0.25, 0.3) is 0 Å². The summed E-state index contributed by atoms with van der Waals surface area (Å²) in [6.45, 7) is 6.49. The van der Waals surface area contributed by atoms with Crippen LogP contribution in [0.2, 0.25) is 0 Å². The van der Waals surface area contributed by atoms with Crippen LogP contribution in [-0.2, 0) is 12.8 Å². The van der Waals surface area contributed by atoms with E-state index < -0.39 is 0 Å². The summed E-state index contributed by atoms with van der Waals surface area (Å²) in [6.07, 6.45) is 2.14. The first-order chi connectivity index (χ1) is 9.56. The lowest BCUT2D eigenvalue weighted by Gasteiger charge is -2.16. The molecule has 0 aliphatic heterocycles. The van der Waals surface area contributed by atoms with Gasteiger partial charge >= 0.3 is 0 Å². The quantitative estimate of drug-likeness (QED) is 0.844. The molecule has 106 valence electrons. The van der Waals surface area contributed by atoms with Gasteiger partial charge in [-0.2, -0.15) is 0 Å². The Bertz CT molecular complexity index is 604. The van der Waals surface area contributed by atoms with Gasteiger partial charge in [0.15, 0.2) is 0 Å². The van der Waals surface area contributed by atoms with E-state index in [0.717, 1.165) is 22.9 Å². The van der Waals surface area contributed by atoms with Crippen molar-refractivity contribution in [3.63, 3.8) is 0 Å². The van der Waals surface area contributed by atoms with E-state index in [9.17, 15) is 0 Å². The summed E-state index contributed by atoms with van der Waals surface area (Å²) < 4.78 is 1.12. The highest BCUT2D eigenvalue weighted by Crippen LogP contribution is 2.26. The van der Waals surface area contributed by atoms with Crippen molar-refractivity contribution < 1.29 is 0 Å². The van der Waals surface area contributed by atoms with E-state index in [2.05, 4.69) is 73.1 Å². The van der Waals surface area contributed by atoms with E-state index in [-0.39, 0.29) is 6.04 Å². The van der Waals surface area contributed by atoms with Crippen molar-refractivity contribution in [1.82, 2.24) is 0 Å². The molecule has 1 atom stereocenters. The van der Waals surface area contributed by atoms with Gasteiger partial charge in [-0.05, 0) is 53.6 Å². The Hall–Kier alpha value is -1.12. The van der Waals surface area contributed by atoms with Crippen LogP contribution in [0.25, 0.3) is 0 Å². The van der Waals surface area contributed by atoms with Crippen molar-refractivity contribution in [2.75, 3.05) is 0 Å². The normalized spacial score (nSPS) is 12.4. The molecule has 0 saturated heterocycles. The second-order valence-electron chi connectivity index (χ2n) is 5.22. The predicted octanol–water partition coefficient (Wildman–Crippen LogP) is 4.93. The lowest BCUT2D eigenvalue weighted by molar-refractivity contribution is 0.861. The Balaban J connectivity index is 2.37. The number of rotatable bonds is 4. The first-order valence-corrected chi connectivity index (χ1v) is 7.99. The number of benzene rings is 2. The van der Waals surface area contributed by atoms with Gasteiger partial charge in [-0.15, -0.1) is 0 Å². The highest BCUT2D eigenvalue weighted by atomic mass is 79.9. The topological polar surface area (TPSA) is 26.0 Å². The van der Waals surface area contributed by atoms with Gasteiger partial charge in [-0.3, -0.25) is 0 Å². The average Bonchev–Trinajstić information content (AvgIpc) is 2.48. The third kappa shape index (κ3) is 3.13. The Morgan fingerprint density at radius 1 is 0.950 bits per heavy atom. The Kier molecular flexibility index (Phi) is 5.00. The fourth-order valence-corrected chi connectivity index (χ4v) is 2.90. The summed E-state index contributed by atoms with van der Waals surface area (Å²) in [5, 5.41) is 0. The van der Waals surface area contributed by atoms with E-state index in [1.165, 1.54) is 22.3 Å². The van der Waals surface area contributed by atoms with Gasteiger partial charge in [0.05, 0.1) is 6.04 Å². The number of nitrogens with two attached hydrogens (primary N) is 1. The zero-order chi connectivity index (χ0) is 14.7. The molecule has 2 rings (SSSR count). The molecule has 0 spiro atoms. The zero-order valence-corrected chi connectivity index (χ0v) is 14.0. The maximum atomic E-state index is 6.43. The molecule has 20 heavy (non-hydrogen) atoms. The molecule has 0 aliphatic carbocycles. The second kappa shape index (κ2) is 6.55. The van der Waals surface area contributed by atoms with Crippen molar-refractivity contribution in [2.45, 2.75) is 39.7 Å². The first-order valence-electron chi connectivity index (χ1n) is 7.20. The van der Waals surface area contributed by atoms with Crippen LogP contribution in [0.3, 0.4) is 0 Å². The predicted molar refractivity (Wildman–Crippen MR) is 90.1 cm³/mol. The lowest BCUT2D eigenvalue weighted by atomic mass is 9.93. The first kappa shape index (κ1) is 15.3. The third-order valence-electron chi connectivity index (χ3n) is 3.91. The highest BCUT2D eigenvalue weighted by Gasteiger charge is 2.11. The third-order valence-corrected chi connectivity index (χ3v) is 4.76. The molecule has 0 heterocycles. The SMILES string of the molecule is CCc1ccc(C(N)c2ccc(C)c(Br)c2)cc1CC. The van der Waals surface area contributed by atoms with Crippen LogP contribution < -0.4 is 5.73 Å². The zero-order valence-electron chi connectivity index (χ0n) is 12.4. The van der Waals surface area contributed by atoms with E-state index in [0.29, 0.717) is 0 Å². The average molecular weight is 332 g/mol. The molecule has 2 heteroatoms. The Morgan fingerprint density at radius 3 is 2.15 bits per heavy atom. The summed E-state index contributed by atoms with van der Waals surface area (Å²) in [6, 6.07) is 12.9. The van der Waals surface area contributed by atoms with E-state index in [4.69, 9.17) is 5.73 Å². The van der Waals surface area contributed by atoms with Crippen LogP contribution in [0, 0.1) is 6.92 Å². The van der Waals surface area contributed by atoms with Crippen molar-refractivity contribution in [3.8, 4) is 0 Å². The lowest BCUT2D eigenvalue weighted by Crippen LogP contribution is -2.12. The molecule has 0 fully saturated rings. The molecule has 2 aromatic rings. The fourth-order valence-electron chi connectivity index (χ4n) is 2.51. The molecule has 0 aromatic heterocycles. The van der Waals surface area contributed by atoms with Crippen molar-refractivity contribution in [2.24, 2.45) is 5.73 Å². The summed E-state index contributed by atoms with van der Waals surface area (Å²) in [5.41, 5.74) is 12.8. The summed E-state index contributed by atoms with van der Waals surface area (Å²) in [7, 11) is 0. The van der Waals surface area contributed by atoms with Gasteiger partial charge in [-0.25, -0.2) is 0 Å². The van der Waals surface area contributed by atoms with Crippen LogP contribution >= 0.6 is 15.9 Å². The number of aryl methyl sites for hydroxylation is 3. The summed E-state index contributed by atoms with van der Waals surface area (Å²) >= 11 is 3.58. The van der Waals surface area contributed by atoms with Crippen molar-refractivity contribution in [1.29, 1.82) is 0 Å². The molecular weight excluding hydrogens is 310 g/mol. The van der Waals surface area contributed by atoms with E-state index >= 15 is 0 Å². The summed E-state index contributed by atoms with van der Waals surface area (Å²) in [5.74, 6) is 0. The molecule has 0 saturated carbocycles. The van der Waals surface area contributed by atoms with Crippen molar-refractivity contribution in [3.05, 3.63) is 68.7 Å². The van der Waals surface area contributed by atoms with Gasteiger partial charge in [0.2, 0.25) is 0 Å². The van der Waals surface area contributed by atoms with Gasteiger partial charge in [-0.1, -0.05) is 60.1 Å². The van der Waals surface area contributed by atoms with Crippen LogP contribution in [0.15, 0.2) is 40.9 Å². The van der Waals surface area contributed by atoms with Gasteiger partial charge in [0, 0.05) is 4.47 Å². The van der Waals surface area contributed by atoms with Gasteiger partial charge in [0.1, 0.15) is 0 Å². The smallest absolute Gasteiger partial charge is 0.0552 e.